The zero-order valence-electron chi connectivity index (χ0n) is 17.9. The highest BCUT2D eigenvalue weighted by Crippen LogP contribution is 2.36. The molecule has 0 N–H and O–H groups in total. The van der Waals surface area contributed by atoms with Crippen molar-refractivity contribution in [3.63, 3.8) is 0 Å². The molecule has 0 unspecified atom stereocenters. The summed E-state index contributed by atoms with van der Waals surface area (Å²) in [5.41, 5.74) is 2.00. The Kier molecular flexibility index (Phi) is 7.90. The Morgan fingerprint density at radius 2 is 1.55 bits per heavy atom. The predicted octanol–water partition coefficient (Wildman–Crippen LogP) is 3.84. The molecule has 0 atom stereocenters. The number of hydrogen-bond donors (Lipinski definition) is 0. The number of halogens is 7. The molecular formula is C20H25ClF6N4O2. The van der Waals surface area contributed by atoms with Gasteiger partial charge in [-0.1, -0.05) is 17.7 Å². The third-order valence-corrected chi connectivity index (χ3v) is 5.96. The summed E-state index contributed by atoms with van der Waals surface area (Å²) in [6.45, 7) is 4.47. The van der Waals surface area contributed by atoms with E-state index in [2.05, 4.69) is 14.5 Å². The van der Waals surface area contributed by atoms with Crippen LogP contribution in [0.2, 0.25) is 5.02 Å². The van der Waals surface area contributed by atoms with E-state index in [-0.39, 0.29) is 26.2 Å². The number of amides is 1. The Morgan fingerprint density at radius 3 is 2.09 bits per heavy atom. The summed E-state index contributed by atoms with van der Waals surface area (Å²) in [6.07, 6.45) is -17.2. The van der Waals surface area contributed by atoms with Gasteiger partial charge in [0.05, 0.1) is 0 Å². The summed E-state index contributed by atoms with van der Waals surface area (Å²) in [4.78, 5) is 19.3. The third kappa shape index (κ3) is 6.80. The summed E-state index contributed by atoms with van der Waals surface area (Å²) in [5, 5.41) is 0.601. The molecule has 0 saturated carbocycles. The molecule has 0 radical (unpaired) electrons. The zero-order valence-corrected chi connectivity index (χ0v) is 18.7. The number of carbonyl (C=O) groups is 1. The molecule has 6 nitrogen and oxygen atoms in total. The van der Waals surface area contributed by atoms with Crippen LogP contribution in [0, 0.1) is 0 Å². The number of piperazine rings is 2. The van der Waals surface area contributed by atoms with Crippen LogP contribution in [0.3, 0.4) is 0 Å². The van der Waals surface area contributed by atoms with Gasteiger partial charge < -0.3 is 19.4 Å². The maximum atomic E-state index is 12.6. The van der Waals surface area contributed by atoms with Crippen molar-refractivity contribution in [1.29, 1.82) is 0 Å². The first-order chi connectivity index (χ1) is 15.3. The second-order valence-corrected chi connectivity index (χ2v) is 8.61. The monoisotopic (exact) mass is 502 g/mol. The van der Waals surface area contributed by atoms with Gasteiger partial charge in [-0.15, -0.1) is 0 Å². The van der Waals surface area contributed by atoms with Crippen molar-refractivity contribution >= 4 is 23.4 Å². The highest BCUT2D eigenvalue weighted by Gasteiger charge is 2.60. The van der Waals surface area contributed by atoms with Crippen molar-refractivity contribution in [2.24, 2.45) is 0 Å². The number of likely N-dealkylation sites (N-methyl/N-ethyl adjacent to an activating group) is 1. The molecule has 33 heavy (non-hydrogen) atoms. The summed E-state index contributed by atoms with van der Waals surface area (Å²) in [7, 11) is 2.05. The second-order valence-electron chi connectivity index (χ2n) is 8.17. The van der Waals surface area contributed by atoms with E-state index in [0.717, 1.165) is 42.3 Å². The normalized spacial score (nSPS) is 19.3. The fourth-order valence-electron chi connectivity index (χ4n) is 3.84. The first-order valence-corrected chi connectivity index (χ1v) is 10.8. The SMILES string of the molecule is CN1CCN(c2cc(Cl)ccc2CN2CCN(C(=O)OC(C(F)(F)F)C(F)(F)F)CC2)CC1. The van der Waals surface area contributed by atoms with Crippen LogP contribution < -0.4 is 4.90 Å². The zero-order chi connectivity index (χ0) is 24.4. The molecule has 2 heterocycles. The number of rotatable bonds is 4. The van der Waals surface area contributed by atoms with Gasteiger partial charge in [-0.05, 0) is 24.7 Å². The minimum atomic E-state index is -5.73. The summed E-state index contributed by atoms with van der Waals surface area (Å²) >= 11 is 6.20. The van der Waals surface area contributed by atoms with Gasteiger partial charge in [-0.2, -0.15) is 26.3 Å². The minimum absolute atomic E-state index is 0.0430. The van der Waals surface area contributed by atoms with Gasteiger partial charge in [0.15, 0.2) is 0 Å². The number of ether oxygens (including phenoxy) is 1. The predicted molar refractivity (Wildman–Crippen MR) is 110 cm³/mol. The molecule has 2 saturated heterocycles. The average Bonchev–Trinajstić information content (AvgIpc) is 2.72. The van der Waals surface area contributed by atoms with Crippen molar-refractivity contribution in [2.45, 2.75) is 25.0 Å². The Labute approximate surface area is 192 Å². The second kappa shape index (κ2) is 10.1. The number of benzene rings is 1. The van der Waals surface area contributed by atoms with Crippen LogP contribution in [-0.2, 0) is 11.3 Å². The van der Waals surface area contributed by atoms with E-state index in [1.807, 2.05) is 24.1 Å². The lowest BCUT2D eigenvalue weighted by atomic mass is 10.1. The molecule has 1 aromatic carbocycles. The van der Waals surface area contributed by atoms with E-state index < -0.39 is 24.5 Å². The molecule has 2 aliphatic rings. The van der Waals surface area contributed by atoms with Crippen molar-refractivity contribution in [3.05, 3.63) is 28.8 Å². The van der Waals surface area contributed by atoms with Gasteiger partial charge in [0.25, 0.3) is 6.10 Å². The number of anilines is 1. The van der Waals surface area contributed by atoms with Crippen molar-refractivity contribution in [2.75, 3.05) is 64.3 Å². The number of nitrogens with zero attached hydrogens (tertiary/aromatic N) is 4. The number of carbonyl (C=O) groups excluding carboxylic acids is 1. The lowest BCUT2D eigenvalue weighted by molar-refractivity contribution is -0.308. The van der Waals surface area contributed by atoms with E-state index in [0.29, 0.717) is 11.6 Å². The molecule has 0 aromatic heterocycles. The van der Waals surface area contributed by atoms with Gasteiger partial charge in [-0.25, -0.2) is 4.79 Å². The smallest absolute Gasteiger partial charge is 0.426 e. The molecule has 1 aromatic rings. The molecule has 3 rings (SSSR count). The van der Waals surface area contributed by atoms with Gasteiger partial charge >= 0.3 is 18.4 Å². The number of hydrogen-bond acceptors (Lipinski definition) is 5. The Bertz CT molecular complexity index is 808. The average molecular weight is 503 g/mol. The molecule has 1 amide bonds. The van der Waals surface area contributed by atoms with Crippen molar-refractivity contribution < 1.29 is 35.9 Å². The fourth-order valence-corrected chi connectivity index (χ4v) is 4.00. The van der Waals surface area contributed by atoms with Gasteiger partial charge in [-0.3, -0.25) is 4.90 Å². The first kappa shape index (κ1) is 25.7. The van der Waals surface area contributed by atoms with Crippen LogP contribution >= 0.6 is 11.6 Å². The fraction of sp³-hybridized carbons (Fsp3) is 0.650. The molecule has 2 aliphatic heterocycles. The Hall–Kier alpha value is -1.92. The molecule has 186 valence electrons. The maximum Gasteiger partial charge on any atom is 0.434 e. The maximum absolute atomic E-state index is 12.6. The van der Waals surface area contributed by atoms with E-state index in [4.69, 9.17) is 11.6 Å². The van der Waals surface area contributed by atoms with E-state index >= 15 is 0 Å². The topological polar surface area (TPSA) is 39.3 Å². The largest absolute Gasteiger partial charge is 0.434 e. The minimum Gasteiger partial charge on any atom is -0.426 e. The van der Waals surface area contributed by atoms with Crippen LogP contribution in [0.5, 0.6) is 0 Å². The quantitative estimate of drug-likeness (QED) is 0.585. The molecule has 2 fully saturated rings. The van der Waals surface area contributed by atoms with Crippen LogP contribution in [0.4, 0.5) is 36.8 Å². The first-order valence-electron chi connectivity index (χ1n) is 10.4. The molecular weight excluding hydrogens is 478 g/mol. The summed E-state index contributed by atoms with van der Waals surface area (Å²) in [6, 6.07) is 5.58. The van der Waals surface area contributed by atoms with E-state index in [9.17, 15) is 31.1 Å². The van der Waals surface area contributed by atoms with E-state index in [1.54, 1.807) is 6.07 Å². The lowest BCUT2D eigenvalue weighted by Gasteiger charge is -2.37. The summed E-state index contributed by atoms with van der Waals surface area (Å²) < 4.78 is 79.7. The standard InChI is InChI=1S/C20H25ClF6N4O2/c1-28-4-8-30(9-5-28)16-12-15(21)3-2-14(16)13-29-6-10-31(11-7-29)18(32)33-17(19(22,23)24)20(25,26)27/h2-3,12,17H,4-11,13H2,1H3. The van der Waals surface area contributed by atoms with Crippen LogP contribution in [0.25, 0.3) is 0 Å². The lowest BCUT2D eigenvalue weighted by Crippen LogP contribution is -2.52. The van der Waals surface area contributed by atoms with Gasteiger partial charge in [0, 0.05) is 69.6 Å². The van der Waals surface area contributed by atoms with Crippen LogP contribution in [0.1, 0.15) is 5.56 Å². The Balaban J connectivity index is 1.59. The molecule has 0 aliphatic carbocycles. The molecule has 13 heteroatoms. The van der Waals surface area contributed by atoms with Crippen molar-refractivity contribution in [3.8, 4) is 0 Å². The van der Waals surface area contributed by atoms with Gasteiger partial charge in [0.2, 0.25) is 0 Å². The van der Waals surface area contributed by atoms with Crippen LogP contribution in [-0.4, -0.2) is 98.7 Å². The van der Waals surface area contributed by atoms with Gasteiger partial charge in [0.1, 0.15) is 0 Å². The molecule has 0 bridgehead atoms. The van der Waals surface area contributed by atoms with Crippen molar-refractivity contribution in [1.82, 2.24) is 14.7 Å². The number of alkyl halides is 6. The van der Waals surface area contributed by atoms with Crippen LogP contribution in [0.15, 0.2) is 18.2 Å². The Morgan fingerprint density at radius 1 is 0.970 bits per heavy atom. The molecule has 0 spiro atoms. The highest BCUT2D eigenvalue weighted by molar-refractivity contribution is 6.30. The third-order valence-electron chi connectivity index (χ3n) is 5.73. The van der Waals surface area contributed by atoms with E-state index in [1.165, 1.54) is 0 Å². The highest BCUT2D eigenvalue weighted by atomic mass is 35.5. The summed E-state index contributed by atoms with van der Waals surface area (Å²) in [5.74, 6) is 0.